The van der Waals surface area contributed by atoms with E-state index in [1.54, 1.807) is 6.07 Å². The van der Waals surface area contributed by atoms with Crippen LogP contribution in [0.25, 0.3) is 9.65 Å². The molecular weight excluding hydrogens is 269 g/mol. The first-order valence-electron chi connectivity index (χ1n) is 5.38. The second-order valence-electron chi connectivity index (χ2n) is 3.68. The monoisotopic (exact) mass is 283 g/mol. The van der Waals surface area contributed by atoms with Crippen LogP contribution < -0.4 is 5.56 Å². The van der Waals surface area contributed by atoms with E-state index >= 15 is 0 Å². The molecule has 0 saturated carbocycles. The molecule has 3 nitrogen and oxygen atoms in total. The van der Waals surface area contributed by atoms with Crippen LogP contribution in [-0.2, 0) is 0 Å². The van der Waals surface area contributed by atoms with Crippen LogP contribution in [0.3, 0.4) is 0 Å². The molecule has 0 amide bonds. The summed E-state index contributed by atoms with van der Waals surface area (Å²) in [6, 6.07) is 7.48. The molecule has 0 saturated heterocycles. The summed E-state index contributed by atoms with van der Waals surface area (Å²) in [5.41, 5.74) is -0.114. The quantitative estimate of drug-likeness (QED) is 0.806. The van der Waals surface area contributed by atoms with Gasteiger partial charge in [0.15, 0.2) is 0 Å². The standard InChI is InChI=1S/C12H13NO2Se/c1-2-3-8-11(14)13-12(15)9-6-4-5-7-10(9)16-13/h4-7H,2-3,8H2,1H3. The van der Waals surface area contributed by atoms with Crippen molar-refractivity contribution in [3.63, 3.8) is 0 Å². The van der Waals surface area contributed by atoms with Gasteiger partial charge in [0.2, 0.25) is 0 Å². The predicted octanol–water partition coefficient (Wildman–Crippen LogP) is 1.89. The first-order valence-corrected chi connectivity index (χ1v) is 7.00. The first kappa shape index (κ1) is 11.4. The van der Waals surface area contributed by atoms with Crippen LogP contribution in [0.15, 0.2) is 29.1 Å². The Kier molecular flexibility index (Phi) is 3.42. The summed E-state index contributed by atoms with van der Waals surface area (Å²) >= 11 is -0.154. The van der Waals surface area contributed by atoms with Crippen LogP contribution in [0.2, 0.25) is 0 Å². The number of fused-ring (bicyclic) bond motifs is 1. The van der Waals surface area contributed by atoms with Crippen molar-refractivity contribution in [1.29, 1.82) is 0 Å². The predicted molar refractivity (Wildman–Crippen MR) is 65.3 cm³/mol. The van der Waals surface area contributed by atoms with E-state index in [-0.39, 0.29) is 26.2 Å². The Morgan fingerprint density at radius 3 is 2.81 bits per heavy atom. The fourth-order valence-corrected chi connectivity index (χ4v) is 3.59. The average molecular weight is 282 g/mol. The van der Waals surface area contributed by atoms with Crippen LogP contribution in [0.5, 0.6) is 0 Å². The third-order valence-electron chi connectivity index (χ3n) is 2.46. The molecule has 0 fully saturated rings. The van der Waals surface area contributed by atoms with Crippen LogP contribution in [0.1, 0.15) is 31.0 Å². The maximum absolute atomic E-state index is 11.9. The van der Waals surface area contributed by atoms with Crippen molar-refractivity contribution < 1.29 is 4.79 Å². The normalized spacial score (nSPS) is 10.8. The number of hydrogen-bond acceptors (Lipinski definition) is 2. The molecule has 0 aliphatic heterocycles. The van der Waals surface area contributed by atoms with E-state index in [9.17, 15) is 9.59 Å². The minimum absolute atomic E-state index is 0.0250. The van der Waals surface area contributed by atoms with Gasteiger partial charge in [-0.05, 0) is 0 Å². The molecule has 1 aromatic carbocycles. The molecule has 0 radical (unpaired) electrons. The summed E-state index contributed by atoms with van der Waals surface area (Å²) in [6.45, 7) is 2.04. The molecule has 0 spiro atoms. The zero-order valence-corrected chi connectivity index (χ0v) is 10.8. The van der Waals surface area contributed by atoms with Crippen LogP contribution in [0, 0.1) is 0 Å². The van der Waals surface area contributed by atoms with E-state index in [2.05, 4.69) is 0 Å². The van der Waals surface area contributed by atoms with E-state index < -0.39 is 0 Å². The Bertz CT molecular complexity index is 568. The third kappa shape index (κ3) is 2.04. The van der Waals surface area contributed by atoms with Crippen molar-refractivity contribution in [2.24, 2.45) is 0 Å². The van der Waals surface area contributed by atoms with Gasteiger partial charge in [0.05, 0.1) is 0 Å². The second-order valence-corrected chi connectivity index (χ2v) is 5.76. The Morgan fingerprint density at radius 1 is 1.38 bits per heavy atom. The molecule has 1 heterocycles. The number of nitrogens with zero attached hydrogens (tertiary/aromatic N) is 1. The Hall–Kier alpha value is -1.12. The van der Waals surface area contributed by atoms with Gasteiger partial charge < -0.3 is 0 Å². The summed E-state index contributed by atoms with van der Waals surface area (Å²) in [5.74, 6) is -0.0250. The van der Waals surface area contributed by atoms with Gasteiger partial charge in [0.1, 0.15) is 0 Å². The average Bonchev–Trinajstić information content (AvgIpc) is 2.64. The minimum atomic E-state index is -0.154. The van der Waals surface area contributed by atoms with E-state index in [0.29, 0.717) is 11.8 Å². The van der Waals surface area contributed by atoms with Crippen molar-refractivity contribution in [3.05, 3.63) is 34.6 Å². The zero-order valence-electron chi connectivity index (χ0n) is 9.10. The van der Waals surface area contributed by atoms with Crippen molar-refractivity contribution >= 4 is 30.3 Å². The summed E-state index contributed by atoms with van der Waals surface area (Å²) in [7, 11) is 0. The van der Waals surface area contributed by atoms with Gasteiger partial charge in [-0.1, -0.05) is 0 Å². The first-order chi connectivity index (χ1) is 7.74. The van der Waals surface area contributed by atoms with Gasteiger partial charge in [-0.15, -0.1) is 0 Å². The summed E-state index contributed by atoms with van der Waals surface area (Å²) in [6.07, 6.45) is 2.32. The topological polar surface area (TPSA) is 39.1 Å². The SMILES string of the molecule is CCCCC(=O)n1[se]c2ccccc2c1=O. The molecule has 4 heteroatoms. The van der Waals surface area contributed by atoms with E-state index in [1.807, 2.05) is 25.1 Å². The molecule has 84 valence electrons. The third-order valence-corrected chi connectivity index (χ3v) is 4.78. The van der Waals surface area contributed by atoms with Gasteiger partial charge >= 0.3 is 99.4 Å². The van der Waals surface area contributed by atoms with Crippen molar-refractivity contribution in [1.82, 2.24) is 3.56 Å². The molecule has 16 heavy (non-hydrogen) atoms. The number of carbonyl (C=O) groups excluding carboxylic acids is 1. The van der Waals surface area contributed by atoms with Gasteiger partial charge in [0.25, 0.3) is 0 Å². The molecular formula is C12H13NO2Se. The summed E-state index contributed by atoms with van der Waals surface area (Å²) in [5, 5.41) is 0.701. The van der Waals surface area contributed by atoms with E-state index in [4.69, 9.17) is 0 Å². The van der Waals surface area contributed by atoms with Crippen LogP contribution >= 0.6 is 0 Å². The van der Waals surface area contributed by atoms with Crippen LogP contribution in [-0.4, -0.2) is 24.2 Å². The Balaban J connectivity index is 2.42. The second kappa shape index (κ2) is 4.81. The number of aromatic nitrogens is 1. The van der Waals surface area contributed by atoms with Gasteiger partial charge in [0, 0.05) is 0 Å². The molecule has 2 rings (SSSR count). The molecule has 0 aliphatic rings. The molecule has 2 aromatic rings. The van der Waals surface area contributed by atoms with Crippen molar-refractivity contribution in [3.8, 4) is 0 Å². The number of hydrogen-bond donors (Lipinski definition) is 0. The summed E-state index contributed by atoms with van der Waals surface area (Å²) in [4.78, 5) is 23.7. The fourth-order valence-electron chi connectivity index (χ4n) is 1.57. The van der Waals surface area contributed by atoms with E-state index in [0.717, 1.165) is 17.1 Å². The number of rotatable bonds is 3. The fraction of sp³-hybridized carbons (Fsp3) is 0.333. The van der Waals surface area contributed by atoms with Gasteiger partial charge in [-0.3, -0.25) is 0 Å². The number of unbranched alkanes of at least 4 members (excludes halogenated alkanes) is 1. The van der Waals surface area contributed by atoms with Gasteiger partial charge in [-0.25, -0.2) is 0 Å². The van der Waals surface area contributed by atoms with Crippen molar-refractivity contribution in [2.45, 2.75) is 26.2 Å². The molecule has 1 aromatic heterocycles. The number of carbonyl (C=O) groups is 1. The molecule has 0 unspecified atom stereocenters. The van der Waals surface area contributed by atoms with Crippen molar-refractivity contribution in [2.75, 3.05) is 0 Å². The van der Waals surface area contributed by atoms with Gasteiger partial charge in [-0.2, -0.15) is 0 Å². The maximum atomic E-state index is 11.9. The molecule has 0 N–H and O–H groups in total. The van der Waals surface area contributed by atoms with E-state index in [1.165, 1.54) is 3.56 Å². The molecule has 0 atom stereocenters. The van der Waals surface area contributed by atoms with Crippen LogP contribution in [0.4, 0.5) is 0 Å². The summed E-state index contributed by atoms with van der Waals surface area (Å²) < 4.78 is 2.44. The number of benzene rings is 1. The Morgan fingerprint density at radius 2 is 2.12 bits per heavy atom. The molecule has 0 bridgehead atoms. The zero-order chi connectivity index (χ0) is 11.5. The molecule has 0 aliphatic carbocycles. The Labute approximate surface area is 99.7 Å².